The summed E-state index contributed by atoms with van der Waals surface area (Å²) in [7, 11) is 0. The number of nitrogens with zero attached hydrogens (tertiary/aromatic N) is 4. The topological polar surface area (TPSA) is 62.5 Å². The van der Waals surface area contributed by atoms with Gasteiger partial charge in [0.15, 0.2) is 0 Å². The third kappa shape index (κ3) is 4.04. The van der Waals surface area contributed by atoms with Gasteiger partial charge in [0.25, 0.3) is 5.69 Å². The van der Waals surface area contributed by atoms with Gasteiger partial charge in [-0.3, -0.25) is 15.0 Å². The van der Waals surface area contributed by atoms with Gasteiger partial charge in [0, 0.05) is 38.8 Å². The molecule has 1 aromatic carbocycles. The van der Waals surface area contributed by atoms with E-state index in [-0.39, 0.29) is 5.69 Å². The maximum atomic E-state index is 10.7. The molecule has 0 amide bonds. The lowest BCUT2D eigenvalue weighted by Gasteiger charge is -2.22. The predicted molar refractivity (Wildman–Crippen MR) is 89.4 cm³/mol. The minimum Gasteiger partial charge on any atom is -0.355 e. The van der Waals surface area contributed by atoms with Crippen LogP contribution in [0.1, 0.15) is 12.0 Å². The van der Waals surface area contributed by atoms with E-state index in [2.05, 4.69) is 39.0 Å². The van der Waals surface area contributed by atoms with Crippen LogP contribution in [0, 0.1) is 10.1 Å². The summed E-state index contributed by atoms with van der Waals surface area (Å²) in [5.41, 5.74) is 1.36. The smallest absolute Gasteiger partial charge is 0.287 e. The van der Waals surface area contributed by atoms with Crippen molar-refractivity contribution in [3.63, 3.8) is 0 Å². The van der Waals surface area contributed by atoms with Crippen molar-refractivity contribution in [1.29, 1.82) is 0 Å². The molecule has 0 N–H and O–H groups in total. The molecule has 0 atom stereocenters. The van der Waals surface area contributed by atoms with Gasteiger partial charge in [-0.05, 0) is 18.1 Å². The minimum atomic E-state index is -0.416. The standard InChI is InChI=1S/C17H20N4O2/c22-21(23)16-7-8-17(18-13-16)20-10-4-9-19(11-12-20)14-15-5-2-1-3-6-15/h1-3,5-8,13H,4,9-12,14H2. The molecule has 1 saturated heterocycles. The van der Waals surface area contributed by atoms with Crippen LogP contribution in [0.3, 0.4) is 0 Å². The Kier molecular flexibility index (Phi) is 4.83. The highest BCUT2D eigenvalue weighted by Crippen LogP contribution is 2.18. The number of nitro groups is 1. The lowest BCUT2D eigenvalue weighted by atomic mass is 10.2. The van der Waals surface area contributed by atoms with E-state index in [1.165, 1.54) is 17.8 Å². The Morgan fingerprint density at radius 2 is 1.87 bits per heavy atom. The zero-order valence-electron chi connectivity index (χ0n) is 13.0. The Bertz CT molecular complexity index is 645. The fourth-order valence-electron chi connectivity index (χ4n) is 2.87. The molecule has 120 valence electrons. The molecule has 1 aromatic heterocycles. The molecular formula is C17H20N4O2. The molecular weight excluding hydrogens is 292 g/mol. The second kappa shape index (κ2) is 7.19. The number of hydrogen-bond acceptors (Lipinski definition) is 5. The molecule has 2 heterocycles. The van der Waals surface area contributed by atoms with Gasteiger partial charge in [0.05, 0.1) is 4.92 Å². The summed E-state index contributed by atoms with van der Waals surface area (Å²) in [5.74, 6) is 0.817. The Morgan fingerprint density at radius 3 is 2.57 bits per heavy atom. The van der Waals surface area contributed by atoms with Gasteiger partial charge in [0.1, 0.15) is 12.0 Å². The first-order valence-corrected chi connectivity index (χ1v) is 7.84. The van der Waals surface area contributed by atoms with Gasteiger partial charge < -0.3 is 4.90 Å². The first-order chi connectivity index (χ1) is 11.2. The van der Waals surface area contributed by atoms with Gasteiger partial charge in [-0.25, -0.2) is 4.98 Å². The average molecular weight is 312 g/mol. The first kappa shape index (κ1) is 15.4. The SMILES string of the molecule is O=[N+]([O-])c1ccc(N2CCCN(Cc3ccccc3)CC2)nc1. The maximum Gasteiger partial charge on any atom is 0.287 e. The van der Waals surface area contributed by atoms with Crippen LogP contribution in [0.15, 0.2) is 48.7 Å². The summed E-state index contributed by atoms with van der Waals surface area (Å²) in [4.78, 5) is 19.2. The van der Waals surface area contributed by atoms with E-state index in [1.54, 1.807) is 6.07 Å². The number of rotatable bonds is 4. The van der Waals surface area contributed by atoms with E-state index >= 15 is 0 Å². The van der Waals surface area contributed by atoms with Crippen LogP contribution >= 0.6 is 0 Å². The Balaban J connectivity index is 1.60. The molecule has 0 spiro atoms. The zero-order chi connectivity index (χ0) is 16.1. The molecule has 0 aliphatic carbocycles. The van der Waals surface area contributed by atoms with E-state index < -0.39 is 4.92 Å². The van der Waals surface area contributed by atoms with Crippen molar-refractivity contribution >= 4 is 11.5 Å². The highest BCUT2D eigenvalue weighted by atomic mass is 16.6. The number of anilines is 1. The van der Waals surface area contributed by atoms with Crippen molar-refractivity contribution in [2.75, 3.05) is 31.1 Å². The van der Waals surface area contributed by atoms with Crippen LogP contribution in [-0.2, 0) is 6.54 Å². The van der Waals surface area contributed by atoms with Crippen LogP contribution in [0.4, 0.5) is 11.5 Å². The Labute approximate surface area is 135 Å². The van der Waals surface area contributed by atoms with Crippen LogP contribution in [0.5, 0.6) is 0 Å². The molecule has 1 fully saturated rings. The lowest BCUT2D eigenvalue weighted by molar-refractivity contribution is -0.385. The van der Waals surface area contributed by atoms with Crippen LogP contribution in [0.2, 0.25) is 0 Å². The van der Waals surface area contributed by atoms with E-state index in [4.69, 9.17) is 0 Å². The van der Waals surface area contributed by atoms with Crippen molar-refractivity contribution in [2.24, 2.45) is 0 Å². The van der Waals surface area contributed by atoms with Gasteiger partial charge in [-0.15, -0.1) is 0 Å². The third-order valence-electron chi connectivity index (χ3n) is 4.10. The van der Waals surface area contributed by atoms with Crippen LogP contribution in [-0.4, -0.2) is 41.0 Å². The van der Waals surface area contributed by atoms with Gasteiger partial charge in [0.2, 0.25) is 0 Å². The van der Waals surface area contributed by atoms with Crippen molar-refractivity contribution in [2.45, 2.75) is 13.0 Å². The molecule has 23 heavy (non-hydrogen) atoms. The fourth-order valence-corrected chi connectivity index (χ4v) is 2.87. The number of aromatic nitrogens is 1. The van der Waals surface area contributed by atoms with Crippen LogP contribution in [0.25, 0.3) is 0 Å². The van der Waals surface area contributed by atoms with Crippen LogP contribution < -0.4 is 4.90 Å². The average Bonchev–Trinajstić information content (AvgIpc) is 2.81. The number of benzene rings is 1. The van der Waals surface area contributed by atoms with Gasteiger partial charge >= 0.3 is 0 Å². The van der Waals surface area contributed by atoms with Crippen molar-refractivity contribution in [3.05, 3.63) is 64.3 Å². The third-order valence-corrected chi connectivity index (χ3v) is 4.10. The van der Waals surface area contributed by atoms with E-state index in [9.17, 15) is 10.1 Å². The molecule has 2 aromatic rings. The quantitative estimate of drug-likeness (QED) is 0.641. The predicted octanol–water partition coefficient (Wildman–Crippen LogP) is 2.70. The molecule has 6 nitrogen and oxygen atoms in total. The van der Waals surface area contributed by atoms with E-state index in [0.717, 1.165) is 45.0 Å². The highest BCUT2D eigenvalue weighted by molar-refractivity contribution is 5.43. The number of hydrogen-bond donors (Lipinski definition) is 0. The summed E-state index contributed by atoms with van der Waals surface area (Å²) < 4.78 is 0. The Hall–Kier alpha value is -2.47. The van der Waals surface area contributed by atoms with Crippen molar-refractivity contribution in [1.82, 2.24) is 9.88 Å². The minimum absolute atomic E-state index is 0.0364. The number of pyridine rings is 1. The summed E-state index contributed by atoms with van der Waals surface area (Å²) in [6.45, 7) is 4.79. The largest absolute Gasteiger partial charge is 0.355 e. The first-order valence-electron chi connectivity index (χ1n) is 7.84. The van der Waals surface area contributed by atoms with E-state index in [1.807, 2.05) is 6.07 Å². The molecule has 1 aliphatic heterocycles. The van der Waals surface area contributed by atoms with E-state index in [0.29, 0.717) is 0 Å². The summed E-state index contributed by atoms with van der Waals surface area (Å²) in [6, 6.07) is 13.7. The normalized spacial score (nSPS) is 16.1. The second-order valence-electron chi connectivity index (χ2n) is 5.73. The molecule has 0 bridgehead atoms. The maximum absolute atomic E-state index is 10.7. The zero-order valence-corrected chi connectivity index (χ0v) is 13.0. The highest BCUT2D eigenvalue weighted by Gasteiger charge is 2.17. The van der Waals surface area contributed by atoms with Crippen molar-refractivity contribution in [3.8, 4) is 0 Å². The second-order valence-corrected chi connectivity index (χ2v) is 5.73. The van der Waals surface area contributed by atoms with Crippen molar-refractivity contribution < 1.29 is 4.92 Å². The fraction of sp³-hybridized carbons (Fsp3) is 0.353. The van der Waals surface area contributed by atoms with Gasteiger partial charge in [-0.1, -0.05) is 30.3 Å². The molecule has 0 radical (unpaired) electrons. The van der Waals surface area contributed by atoms with Gasteiger partial charge in [-0.2, -0.15) is 0 Å². The summed E-state index contributed by atoms with van der Waals surface area (Å²) in [6.07, 6.45) is 2.40. The summed E-state index contributed by atoms with van der Waals surface area (Å²) in [5, 5.41) is 10.7. The Morgan fingerprint density at radius 1 is 1.04 bits per heavy atom. The monoisotopic (exact) mass is 312 g/mol. The lowest BCUT2D eigenvalue weighted by Crippen LogP contribution is -2.30. The molecule has 0 unspecified atom stereocenters. The molecule has 1 aliphatic rings. The molecule has 6 heteroatoms. The summed E-state index contributed by atoms with van der Waals surface area (Å²) >= 11 is 0. The molecule has 0 saturated carbocycles. The molecule has 3 rings (SSSR count).